The van der Waals surface area contributed by atoms with Crippen LogP contribution in [-0.2, 0) is 4.79 Å². The number of pyridine rings is 1. The van der Waals surface area contributed by atoms with Crippen molar-refractivity contribution >= 4 is 39.9 Å². The summed E-state index contributed by atoms with van der Waals surface area (Å²) in [7, 11) is 0. The molecule has 1 amide bonds. The van der Waals surface area contributed by atoms with Gasteiger partial charge in [-0.2, -0.15) is 0 Å². The van der Waals surface area contributed by atoms with Gasteiger partial charge in [0.15, 0.2) is 10.8 Å². The molecule has 1 N–H and O–H groups in total. The minimum absolute atomic E-state index is 0.0110. The number of amides is 1. The van der Waals surface area contributed by atoms with E-state index in [9.17, 15) is 4.79 Å². The molecule has 0 saturated heterocycles. The number of rotatable bonds is 5. The first-order chi connectivity index (χ1) is 14.0. The predicted octanol–water partition coefficient (Wildman–Crippen LogP) is 5.32. The normalized spacial score (nSPS) is 12.4. The van der Waals surface area contributed by atoms with Gasteiger partial charge in [0.25, 0.3) is 0 Å². The molecule has 6 heteroatoms. The molecule has 29 heavy (non-hydrogen) atoms. The van der Waals surface area contributed by atoms with Crippen LogP contribution in [0.1, 0.15) is 30.0 Å². The summed E-state index contributed by atoms with van der Waals surface area (Å²) < 4.78 is 2.04. The van der Waals surface area contributed by atoms with Crippen LogP contribution in [-0.4, -0.2) is 25.8 Å². The van der Waals surface area contributed by atoms with Crippen LogP contribution in [0.3, 0.4) is 0 Å². The molecule has 4 rings (SSSR count). The maximum atomic E-state index is 13.0. The van der Waals surface area contributed by atoms with Crippen LogP contribution in [0, 0.1) is 20.8 Å². The van der Waals surface area contributed by atoms with Gasteiger partial charge in [-0.1, -0.05) is 55.1 Å². The number of nitrogens with zero attached hydrogens (tertiary/aromatic N) is 3. The van der Waals surface area contributed by atoms with Crippen molar-refractivity contribution in [1.29, 1.82) is 0 Å². The second kappa shape index (κ2) is 7.87. The van der Waals surface area contributed by atoms with E-state index in [1.807, 2.05) is 61.6 Å². The quantitative estimate of drug-likeness (QED) is 0.458. The number of carbonyl (C=O) groups excluding carboxylic acids is 1. The molecule has 4 aromatic rings. The molecule has 2 aromatic heterocycles. The van der Waals surface area contributed by atoms with Crippen molar-refractivity contribution < 1.29 is 4.79 Å². The number of hydrogen-bond acceptors (Lipinski definition) is 4. The van der Waals surface area contributed by atoms with E-state index in [1.165, 1.54) is 11.8 Å². The summed E-state index contributed by atoms with van der Waals surface area (Å²) >= 11 is 1.46. The molecule has 1 atom stereocenters. The molecule has 2 heterocycles. The standard InChI is InChI=1S/C23H24N4OS/c1-5-19(22(28)24-21-14(2)9-8-10-15(21)3)29-23-26-25-20-13-16(4)17-11-6-7-12-18(17)27(20)23/h6-13,19H,5H2,1-4H3,(H,24,28). The SMILES string of the molecule is CCC(Sc1nnc2cc(C)c3ccccc3n12)C(=O)Nc1c(C)cccc1C. The van der Waals surface area contributed by atoms with Crippen LogP contribution in [0.2, 0.25) is 0 Å². The van der Waals surface area contributed by atoms with Crippen LogP contribution in [0.5, 0.6) is 0 Å². The summed E-state index contributed by atoms with van der Waals surface area (Å²) in [6, 6.07) is 16.3. The number of nitrogens with one attached hydrogen (secondary N) is 1. The molecular weight excluding hydrogens is 380 g/mol. The molecule has 0 fully saturated rings. The molecule has 0 spiro atoms. The van der Waals surface area contributed by atoms with Crippen LogP contribution in [0.4, 0.5) is 5.69 Å². The molecular formula is C23H24N4OS. The smallest absolute Gasteiger partial charge is 0.237 e. The molecule has 0 aliphatic heterocycles. The van der Waals surface area contributed by atoms with Crippen LogP contribution in [0.15, 0.2) is 53.7 Å². The van der Waals surface area contributed by atoms with Gasteiger partial charge in [0.05, 0.1) is 10.8 Å². The van der Waals surface area contributed by atoms with Gasteiger partial charge in [0, 0.05) is 11.1 Å². The Balaban J connectivity index is 1.68. The lowest BCUT2D eigenvalue weighted by molar-refractivity contribution is -0.115. The molecule has 1 unspecified atom stereocenters. The Morgan fingerprint density at radius 2 is 1.76 bits per heavy atom. The largest absolute Gasteiger partial charge is 0.325 e. The minimum atomic E-state index is -0.263. The van der Waals surface area contributed by atoms with Gasteiger partial charge < -0.3 is 5.32 Å². The molecule has 0 aliphatic carbocycles. The summed E-state index contributed by atoms with van der Waals surface area (Å²) in [5, 5.41) is 13.5. The first-order valence-electron chi connectivity index (χ1n) is 9.76. The number of hydrogen-bond donors (Lipinski definition) is 1. The number of carbonyl (C=O) groups is 1. The Bertz CT molecular complexity index is 1190. The molecule has 0 radical (unpaired) electrons. The van der Waals surface area contributed by atoms with Gasteiger partial charge >= 0.3 is 0 Å². The molecule has 0 saturated carbocycles. The number of thioether (sulfide) groups is 1. The fraction of sp³-hybridized carbons (Fsp3) is 0.261. The van der Waals surface area contributed by atoms with E-state index >= 15 is 0 Å². The summed E-state index contributed by atoms with van der Waals surface area (Å²) in [4.78, 5) is 13.0. The zero-order valence-electron chi connectivity index (χ0n) is 17.1. The number of aryl methyl sites for hydroxylation is 3. The van der Waals surface area contributed by atoms with Crippen LogP contribution >= 0.6 is 11.8 Å². The van der Waals surface area contributed by atoms with E-state index in [-0.39, 0.29) is 11.2 Å². The van der Waals surface area contributed by atoms with E-state index in [0.717, 1.165) is 44.1 Å². The number of anilines is 1. The zero-order chi connectivity index (χ0) is 20.5. The summed E-state index contributed by atoms with van der Waals surface area (Å²) in [5.41, 5.74) is 6.04. The summed E-state index contributed by atoms with van der Waals surface area (Å²) in [5.74, 6) is -0.0110. The molecule has 2 aromatic carbocycles. The average Bonchev–Trinajstić information content (AvgIpc) is 3.11. The van der Waals surface area contributed by atoms with Gasteiger partial charge in [0.2, 0.25) is 5.91 Å². The topological polar surface area (TPSA) is 59.3 Å². The average molecular weight is 405 g/mol. The third-order valence-corrected chi connectivity index (χ3v) is 6.52. The lowest BCUT2D eigenvalue weighted by Crippen LogP contribution is -2.25. The highest BCUT2D eigenvalue weighted by molar-refractivity contribution is 8.00. The summed E-state index contributed by atoms with van der Waals surface area (Å²) in [6.45, 7) is 8.12. The first kappa shape index (κ1) is 19.5. The van der Waals surface area contributed by atoms with Crippen LogP contribution < -0.4 is 5.32 Å². The van der Waals surface area contributed by atoms with Crippen molar-refractivity contribution in [2.75, 3.05) is 5.32 Å². The maximum absolute atomic E-state index is 13.0. The number of para-hydroxylation sites is 2. The van der Waals surface area contributed by atoms with E-state index in [0.29, 0.717) is 6.42 Å². The van der Waals surface area contributed by atoms with Crippen molar-refractivity contribution in [2.45, 2.75) is 44.5 Å². The zero-order valence-corrected chi connectivity index (χ0v) is 17.9. The van der Waals surface area contributed by atoms with Crippen LogP contribution in [0.25, 0.3) is 16.6 Å². The van der Waals surface area contributed by atoms with Gasteiger partial charge in [-0.3, -0.25) is 9.20 Å². The lowest BCUT2D eigenvalue weighted by atomic mass is 10.1. The second-order valence-electron chi connectivity index (χ2n) is 7.29. The number of benzene rings is 2. The van der Waals surface area contributed by atoms with Crippen molar-refractivity contribution in [3.8, 4) is 0 Å². The second-order valence-corrected chi connectivity index (χ2v) is 8.46. The minimum Gasteiger partial charge on any atom is -0.325 e. The van der Waals surface area contributed by atoms with Gasteiger partial charge in [-0.25, -0.2) is 0 Å². The van der Waals surface area contributed by atoms with Gasteiger partial charge in [0.1, 0.15) is 0 Å². The van der Waals surface area contributed by atoms with E-state index in [2.05, 4.69) is 34.6 Å². The van der Waals surface area contributed by atoms with E-state index in [1.54, 1.807) is 0 Å². The highest BCUT2D eigenvalue weighted by atomic mass is 32.2. The van der Waals surface area contributed by atoms with E-state index < -0.39 is 0 Å². The first-order valence-corrected chi connectivity index (χ1v) is 10.6. The monoisotopic (exact) mass is 404 g/mol. The Morgan fingerprint density at radius 1 is 1.03 bits per heavy atom. The van der Waals surface area contributed by atoms with Crippen molar-refractivity contribution in [3.63, 3.8) is 0 Å². The molecule has 0 bridgehead atoms. The molecule has 148 valence electrons. The van der Waals surface area contributed by atoms with E-state index in [4.69, 9.17) is 0 Å². The van der Waals surface area contributed by atoms with Gasteiger partial charge in [-0.15, -0.1) is 10.2 Å². The van der Waals surface area contributed by atoms with Crippen molar-refractivity contribution in [3.05, 3.63) is 65.2 Å². The maximum Gasteiger partial charge on any atom is 0.237 e. The Kier molecular flexibility index (Phi) is 5.28. The molecule has 5 nitrogen and oxygen atoms in total. The molecule has 0 aliphatic rings. The Labute approximate surface area is 174 Å². The third-order valence-electron chi connectivity index (χ3n) is 5.21. The highest BCUT2D eigenvalue weighted by Gasteiger charge is 2.23. The fourth-order valence-corrected chi connectivity index (χ4v) is 4.59. The fourth-order valence-electron chi connectivity index (χ4n) is 3.62. The van der Waals surface area contributed by atoms with Gasteiger partial charge in [-0.05, 0) is 56.0 Å². The predicted molar refractivity (Wildman–Crippen MR) is 120 cm³/mol. The van der Waals surface area contributed by atoms with Crippen molar-refractivity contribution in [2.24, 2.45) is 0 Å². The number of fused-ring (bicyclic) bond motifs is 3. The highest BCUT2D eigenvalue weighted by Crippen LogP contribution is 2.30. The van der Waals surface area contributed by atoms with Crippen molar-refractivity contribution in [1.82, 2.24) is 14.6 Å². The Morgan fingerprint density at radius 3 is 2.48 bits per heavy atom. The number of aromatic nitrogens is 3. The summed E-state index contributed by atoms with van der Waals surface area (Å²) in [6.07, 6.45) is 0.695. The third kappa shape index (κ3) is 3.60. The Hall–Kier alpha value is -2.86. The lowest BCUT2D eigenvalue weighted by Gasteiger charge is -2.17.